The van der Waals surface area contributed by atoms with Gasteiger partial charge in [-0.25, -0.2) is 9.07 Å². The quantitative estimate of drug-likeness (QED) is 0.478. The first-order valence-electron chi connectivity index (χ1n) is 9.46. The third kappa shape index (κ3) is 4.25. The molecule has 0 aliphatic heterocycles. The highest BCUT2D eigenvalue weighted by Gasteiger charge is 2.21. The molecular formula is C24H17ClFN3O2. The second-order valence-electron chi connectivity index (χ2n) is 6.86. The number of nitrogens with zero attached hydrogens (tertiary/aromatic N) is 2. The lowest BCUT2D eigenvalue weighted by Crippen LogP contribution is -2.25. The Morgan fingerprint density at radius 2 is 1.71 bits per heavy atom. The van der Waals surface area contributed by atoms with Crippen LogP contribution < -0.4 is 10.7 Å². The summed E-state index contributed by atoms with van der Waals surface area (Å²) in [5, 5.41) is 7.68. The molecule has 0 saturated carbocycles. The predicted molar refractivity (Wildman–Crippen MR) is 119 cm³/mol. The zero-order chi connectivity index (χ0) is 22.0. The molecule has 0 saturated heterocycles. The van der Waals surface area contributed by atoms with Crippen LogP contribution in [0.5, 0.6) is 0 Å². The van der Waals surface area contributed by atoms with E-state index in [9.17, 15) is 14.0 Å². The van der Waals surface area contributed by atoms with Gasteiger partial charge in [-0.15, -0.1) is 0 Å². The third-order valence-electron chi connectivity index (χ3n) is 4.71. The maximum absolute atomic E-state index is 13.3. The summed E-state index contributed by atoms with van der Waals surface area (Å²) in [5.74, 6) is -0.759. The van der Waals surface area contributed by atoms with Crippen LogP contribution in [0.3, 0.4) is 0 Å². The molecule has 0 radical (unpaired) electrons. The molecule has 5 nitrogen and oxygen atoms in total. The molecule has 0 bridgehead atoms. The van der Waals surface area contributed by atoms with Gasteiger partial charge in [0.05, 0.1) is 11.3 Å². The Bertz CT molecular complexity index is 1320. The maximum atomic E-state index is 13.3. The highest BCUT2D eigenvalue weighted by atomic mass is 35.5. The lowest BCUT2D eigenvalue weighted by Gasteiger charge is -2.18. The normalized spacial score (nSPS) is 10.7. The first-order valence-corrected chi connectivity index (χ1v) is 9.84. The number of benzene rings is 3. The average Bonchev–Trinajstić information content (AvgIpc) is 2.77. The maximum Gasteiger partial charge on any atom is 0.256 e. The fourth-order valence-corrected chi connectivity index (χ4v) is 3.39. The summed E-state index contributed by atoms with van der Waals surface area (Å²) in [6.45, 7) is 1.61. The molecule has 1 amide bonds. The fourth-order valence-electron chi connectivity index (χ4n) is 3.20. The number of carbonyl (C=O) groups is 1. The monoisotopic (exact) mass is 433 g/mol. The van der Waals surface area contributed by atoms with E-state index in [4.69, 9.17) is 11.6 Å². The minimum absolute atomic E-state index is 0.193. The Hall–Kier alpha value is -3.77. The van der Waals surface area contributed by atoms with E-state index in [1.54, 1.807) is 55.5 Å². The zero-order valence-electron chi connectivity index (χ0n) is 16.5. The number of anilines is 1. The van der Waals surface area contributed by atoms with E-state index < -0.39 is 11.7 Å². The van der Waals surface area contributed by atoms with Crippen molar-refractivity contribution in [3.05, 3.63) is 111 Å². The standard InChI is InChI=1S/C24H17ClFN3O2/c1-15-22(30)21(16-6-3-2-4-7-16)23(27-24(31)17-10-12-19(26)13-11-17)29(28-15)20-9-5-8-18(25)14-20/h2-14H,1H3,(H,27,31). The molecule has 0 spiro atoms. The molecule has 3 aromatic carbocycles. The summed E-state index contributed by atoms with van der Waals surface area (Å²) >= 11 is 6.17. The van der Waals surface area contributed by atoms with E-state index in [-0.39, 0.29) is 22.5 Å². The molecular weight excluding hydrogens is 417 g/mol. The minimum Gasteiger partial charge on any atom is -0.306 e. The van der Waals surface area contributed by atoms with Gasteiger partial charge in [0.1, 0.15) is 17.3 Å². The van der Waals surface area contributed by atoms with E-state index >= 15 is 0 Å². The Balaban J connectivity index is 1.95. The van der Waals surface area contributed by atoms with Gasteiger partial charge >= 0.3 is 0 Å². The van der Waals surface area contributed by atoms with Crippen molar-refractivity contribution in [1.82, 2.24) is 9.78 Å². The number of carbonyl (C=O) groups excluding carboxylic acids is 1. The topological polar surface area (TPSA) is 64.0 Å². The fraction of sp³-hybridized carbons (Fsp3) is 0.0417. The molecule has 1 N–H and O–H groups in total. The molecule has 0 unspecified atom stereocenters. The van der Waals surface area contributed by atoms with Gasteiger partial charge < -0.3 is 5.32 Å². The van der Waals surface area contributed by atoms with Gasteiger partial charge in [-0.3, -0.25) is 9.59 Å². The van der Waals surface area contributed by atoms with Crippen LogP contribution in [0.2, 0.25) is 5.02 Å². The van der Waals surface area contributed by atoms with Crippen molar-refractivity contribution in [3.8, 4) is 16.8 Å². The largest absolute Gasteiger partial charge is 0.306 e. The van der Waals surface area contributed by atoms with E-state index in [1.165, 1.54) is 28.9 Å². The molecule has 1 aromatic heterocycles. The van der Waals surface area contributed by atoms with Crippen LogP contribution in [0, 0.1) is 12.7 Å². The van der Waals surface area contributed by atoms with Crippen LogP contribution in [0.4, 0.5) is 10.2 Å². The van der Waals surface area contributed by atoms with Gasteiger partial charge in [-0.2, -0.15) is 5.10 Å². The summed E-state index contributed by atoms with van der Waals surface area (Å²) in [4.78, 5) is 26.1. The third-order valence-corrected chi connectivity index (χ3v) is 4.94. The van der Waals surface area contributed by atoms with Crippen molar-refractivity contribution >= 4 is 23.3 Å². The van der Waals surface area contributed by atoms with Crippen molar-refractivity contribution < 1.29 is 9.18 Å². The predicted octanol–water partition coefficient (Wildman–Crippen LogP) is 5.25. The minimum atomic E-state index is -0.502. The van der Waals surface area contributed by atoms with E-state index in [0.717, 1.165) is 0 Å². The van der Waals surface area contributed by atoms with Gasteiger partial charge in [0, 0.05) is 10.6 Å². The summed E-state index contributed by atoms with van der Waals surface area (Å²) in [6, 6.07) is 21.1. The second kappa shape index (κ2) is 8.53. The number of rotatable bonds is 4. The van der Waals surface area contributed by atoms with Gasteiger partial charge in [0.25, 0.3) is 5.91 Å². The number of amides is 1. The molecule has 31 heavy (non-hydrogen) atoms. The van der Waals surface area contributed by atoms with Gasteiger partial charge in [-0.1, -0.05) is 48.0 Å². The van der Waals surface area contributed by atoms with Crippen molar-refractivity contribution in [1.29, 1.82) is 0 Å². The first kappa shape index (κ1) is 20.5. The van der Waals surface area contributed by atoms with E-state index in [0.29, 0.717) is 21.8 Å². The molecule has 7 heteroatoms. The summed E-state index contributed by atoms with van der Waals surface area (Å²) < 4.78 is 14.8. The molecule has 1 heterocycles. The number of halogens is 2. The van der Waals surface area contributed by atoms with Crippen LogP contribution in [0.15, 0.2) is 83.7 Å². The number of aryl methyl sites for hydroxylation is 1. The van der Waals surface area contributed by atoms with Crippen LogP contribution in [0.1, 0.15) is 16.1 Å². The number of hydrogen-bond donors (Lipinski definition) is 1. The Labute approximate surface area is 182 Å². The number of nitrogens with one attached hydrogen (secondary N) is 1. The lowest BCUT2D eigenvalue weighted by atomic mass is 10.0. The number of hydrogen-bond acceptors (Lipinski definition) is 3. The lowest BCUT2D eigenvalue weighted by molar-refractivity contribution is 0.102. The van der Waals surface area contributed by atoms with Crippen molar-refractivity contribution in [2.24, 2.45) is 0 Å². The highest BCUT2D eigenvalue weighted by molar-refractivity contribution is 6.30. The number of aromatic nitrogens is 2. The van der Waals surface area contributed by atoms with Crippen molar-refractivity contribution in [2.45, 2.75) is 6.92 Å². The molecule has 4 aromatic rings. The molecule has 0 atom stereocenters. The summed E-state index contributed by atoms with van der Waals surface area (Å²) in [7, 11) is 0. The van der Waals surface area contributed by atoms with Crippen LogP contribution >= 0.6 is 11.6 Å². The zero-order valence-corrected chi connectivity index (χ0v) is 17.2. The van der Waals surface area contributed by atoms with Gasteiger partial charge in [-0.05, 0) is 55.0 Å². The van der Waals surface area contributed by atoms with Crippen LogP contribution in [0.25, 0.3) is 16.8 Å². The Kier molecular flexibility index (Phi) is 5.64. The van der Waals surface area contributed by atoms with Crippen molar-refractivity contribution in [2.75, 3.05) is 5.32 Å². The molecule has 0 aliphatic carbocycles. The second-order valence-corrected chi connectivity index (χ2v) is 7.29. The Morgan fingerprint density at radius 3 is 2.39 bits per heavy atom. The Morgan fingerprint density at radius 1 is 1.00 bits per heavy atom. The average molecular weight is 434 g/mol. The summed E-state index contributed by atoms with van der Waals surface area (Å²) in [5.41, 5.74) is 1.69. The summed E-state index contributed by atoms with van der Waals surface area (Å²) in [6.07, 6.45) is 0. The van der Waals surface area contributed by atoms with Crippen LogP contribution in [-0.4, -0.2) is 15.7 Å². The molecule has 0 fully saturated rings. The smallest absolute Gasteiger partial charge is 0.256 e. The molecule has 4 rings (SSSR count). The van der Waals surface area contributed by atoms with E-state index in [1.807, 2.05) is 6.07 Å². The molecule has 154 valence electrons. The SMILES string of the molecule is Cc1nn(-c2cccc(Cl)c2)c(NC(=O)c2ccc(F)cc2)c(-c2ccccc2)c1=O. The van der Waals surface area contributed by atoms with Gasteiger partial charge in [0.15, 0.2) is 0 Å². The van der Waals surface area contributed by atoms with E-state index in [2.05, 4.69) is 10.4 Å². The highest BCUT2D eigenvalue weighted by Crippen LogP contribution is 2.28. The van der Waals surface area contributed by atoms with Gasteiger partial charge in [0.2, 0.25) is 5.43 Å². The molecule has 0 aliphatic rings. The van der Waals surface area contributed by atoms with Crippen LogP contribution in [-0.2, 0) is 0 Å². The first-order chi connectivity index (χ1) is 14.9. The van der Waals surface area contributed by atoms with Crippen molar-refractivity contribution in [3.63, 3.8) is 0 Å².